The molecule has 2 aliphatic rings. The van der Waals surface area contributed by atoms with E-state index in [1.807, 2.05) is 0 Å². The van der Waals surface area contributed by atoms with E-state index in [0.717, 1.165) is 56.2 Å². The van der Waals surface area contributed by atoms with Crippen LogP contribution in [0.15, 0.2) is 15.7 Å². The maximum atomic E-state index is 12.3. The fourth-order valence-electron chi connectivity index (χ4n) is 3.95. The minimum Gasteiger partial charge on any atom is -0.452 e. The summed E-state index contributed by atoms with van der Waals surface area (Å²) >= 11 is 0.833. The zero-order valence-electron chi connectivity index (χ0n) is 16.2. The first kappa shape index (κ1) is 22.2. The van der Waals surface area contributed by atoms with Crippen LogP contribution >= 0.6 is 11.3 Å². The van der Waals surface area contributed by atoms with Gasteiger partial charge in [0.1, 0.15) is 4.21 Å². The Bertz CT molecular complexity index is 826. The molecule has 2 heterocycles. The van der Waals surface area contributed by atoms with E-state index in [0.29, 0.717) is 19.8 Å². The number of hydrogen-bond donors (Lipinski definition) is 2. The van der Waals surface area contributed by atoms with Crippen LogP contribution in [0.2, 0.25) is 0 Å². The molecule has 1 aliphatic carbocycles. The first-order chi connectivity index (χ1) is 13.8. The molecule has 0 unspecified atom stereocenters. The van der Waals surface area contributed by atoms with Gasteiger partial charge in [0.05, 0.1) is 18.8 Å². The van der Waals surface area contributed by atoms with Crippen molar-refractivity contribution in [3.8, 4) is 0 Å². The number of primary sulfonamides is 1. The van der Waals surface area contributed by atoms with Gasteiger partial charge in [-0.15, -0.1) is 11.3 Å². The summed E-state index contributed by atoms with van der Waals surface area (Å²) in [5.74, 6) is -1.13. The molecule has 0 aromatic carbocycles. The Kier molecular flexibility index (Phi) is 7.28. The monoisotopic (exact) mass is 445 g/mol. The van der Waals surface area contributed by atoms with Crippen molar-refractivity contribution in [2.75, 3.05) is 39.5 Å². The molecule has 1 saturated heterocycles. The number of nitrogens with two attached hydrogens (primary N) is 1. The summed E-state index contributed by atoms with van der Waals surface area (Å²) in [6.45, 7) is 3.21. The molecular formula is C18H27N3O6S2. The van der Waals surface area contributed by atoms with Crippen LogP contribution in [-0.4, -0.2) is 70.2 Å². The maximum absolute atomic E-state index is 12.3. The molecular weight excluding hydrogens is 418 g/mol. The predicted molar refractivity (Wildman–Crippen MR) is 107 cm³/mol. The van der Waals surface area contributed by atoms with Gasteiger partial charge in [0.25, 0.3) is 5.91 Å². The molecule has 3 rings (SSSR count). The second kappa shape index (κ2) is 9.52. The smallest absolute Gasteiger partial charge is 0.339 e. The van der Waals surface area contributed by atoms with Gasteiger partial charge in [-0.1, -0.05) is 19.3 Å². The summed E-state index contributed by atoms with van der Waals surface area (Å²) in [4.78, 5) is 26.7. The van der Waals surface area contributed by atoms with Crippen molar-refractivity contribution < 1.29 is 27.5 Å². The number of morpholine rings is 1. The molecule has 9 nitrogen and oxygen atoms in total. The highest BCUT2D eigenvalue weighted by molar-refractivity contribution is 7.91. The van der Waals surface area contributed by atoms with E-state index in [2.05, 4.69) is 10.2 Å². The highest BCUT2D eigenvalue weighted by atomic mass is 32.2. The van der Waals surface area contributed by atoms with Crippen LogP contribution in [0, 0.1) is 0 Å². The number of carbonyl (C=O) groups excluding carboxylic acids is 2. The standard InChI is InChI=1S/C18H27N3O6S2/c19-29(24,25)16-10-14(12-28-16)17(23)27-11-15(22)20-13-18(4-2-1-3-5-18)21-6-8-26-9-7-21/h10,12H,1-9,11,13H2,(H,20,22)(H2,19,24,25). The number of thiophene rings is 1. The molecule has 0 atom stereocenters. The maximum Gasteiger partial charge on any atom is 0.339 e. The van der Waals surface area contributed by atoms with Crippen LogP contribution in [-0.2, 0) is 24.3 Å². The number of nitrogens with zero attached hydrogens (tertiary/aromatic N) is 1. The van der Waals surface area contributed by atoms with Crippen molar-refractivity contribution in [3.63, 3.8) is 0 Å². The van der Waals surface area contributed by atoms with Crippen LogP contribution < -0.4 is 10.5 Å². The van der Waals surface area contributed by atoms with E-state index in [-0.39, 0.29) is 21.2 Å². The van der Waals surface area contributed by atoms with E-state index in [4.69, 9.17) is 14.6 Å². The zero-order chi connectivity index (χ0) is 20.9. The molecule has 29 heavy (non-hydrogen) atoms. The Morgan fingerprint density at radius 1 is 1.24 bits per heavy atom. The van der Waals surface area contributed by atoms with Gasteiger partial charge in [0, 0.05) is 30.6 Å². The Hall–Kier alpha value is -1.53. The minimum atomic E-state index is -3.87. The highest BCUT2D eigenvalue weighted by Crippen LogP contribution is 2.33. The van der Waals surface area contributed by atoms with Gasteiger partial charge in [-0.2, -0.15) is 0 Å². The Balaban J connectivity index is 1.51. The van der Waals surface area contributed by atoms with Gasteiger partial charge in [-0.25, -0.2) is 18.4 Å². The highest BCUT2D eigenvalue weighted by Gasteiger charge is 2.38. The molecule has 0 bridgehead atoms. The normalized spacial score (nSPS) is 20.2. The predicted octanol–water partition coefficient (Wildman–Crippen LogP) is 0.704. The van der Waals surface area contributed by atoms with Crippen LogP contribution in [0.1, 0.15) is 42.5 Å². The second-order valence-corrected chi connectivity index (χ2v) is 10.1. The molecule has 3 N–H and O–H groups in total. The topological polar surface area (TPSA) is 128 Å². The SMILES string of the molecule is NS(=O)(=O)c1cc(C(=O)OCC(=O)NCC2(N3CCOCC3)CCCCC2)cs1. The van der Waals surface area contributed by atoms with E-state index in [1.165, 1.54) is 11.8 Å². The molecule has 11 heteroatoms. The van der Waals surface area contributed by atoms with Gasteiger partial charge in [0.2, 0.25) is 10.0 Å². The fraction of sp³-hybridized carbons (Fsp3) is 0.667. The van der Waals surface area contributed by atoms with E-state index >= 15 is 0 Å². The van der Waals surface area contributed by atoms with Crippen molar-refractivity contribution in [2.24, 2.45) is 5.14 Å². The largest absolute Gasteiger partial charge is 0.452 e. The first-order valence-electron chi connectivity index (χ1n) is 9.68. The quantitative estimate of drug-likeness (QED) is 0.591. The Labute approximate surface area is 174 Å². The van der Waals surface area contributed by atoms with Crippen molar-refractivity contribution in [1.29, 1.82) is 0 Å². The third-order valence-corrected chi connectivity index (χ3v) is 7.89. The van der Waals surface area contributed by atoms with Crippen LogP contribution in [0.25, 0.3) is 0 Å². The number of hydrogen-bond acceptors (Lipinski definition) is 8. The molecule has 0 radical (unpaired) electrons. The average molecular weight is 446 g/mol. The summed E-state index contributed by atoms with van der Waals surface area (Å²) < 4.78 is 32.9. The van der Waals surface area contributed by atoms with Gasteiger partial charge >= 0.3 is 5.97 Å². The van der Waals surface area contributed by atoms with Gasteiger partial charge in [-0.3, -0.25) is 9.69 Å². The van der Waals surface area contributed by atoms with Crippen molar-refractivity contribution in [2.45, 2.75) is 41.9 Å². The number of esters is 1. The van der Waals surface area contributed by atoms with Gasteiger partial charge in [-0.05, 0) is 18.9 Å². The molecule has 0 spiro atoms. The third-order valence-electron chi connectivity index (χ3n) is 5.51. The lowest BCUT2D eigenvalue weighted by atomic mass is 9.79. The number of carbonyl (C=O) groups is 2. The van der Waals surface area contributed by atoms with E-state index in [1.54, 1.807) is 0 Å². The van der Waals surface area contributed by atoms with E-state index in [9.17, 15) is 18.0 Å². The summed E-state index contributed by atoms with van der Waals surface area (Å²) in [6, 6.07) is 1.15. The number of amides is 1. The van der Waals surface area contributed by atoms with E-state index < -0.39 is 22.6 Å². The zero-order valence-corrected chi connectivity index (χ0v) is 17.9. The molecule has 162 valence electrons. The summed E-state index contributed by atoms with van der Waals surface area (Å²) in [5, 5.41) is 9.29. The number of nitrogens with one attached hydrogen (secondary N) is 1. The second-order valence-electron chi connectivity index (χ2n) is 7.44. The van der Waals surface area contributed by atoms with Gasteiger partial charge in [0.15, 0.2) is 6.61 Å². The molecule has 1 aromatic heterocycles. The lowest BCUT2D eigenvalue weighted by molar-refractivity contribution is -0.125. The van der Waals surface area contributed by atoms with Gasteiger partial charge < -0.3 is 14.8 Å². The van der Waals surface area contributed by atoms with Crippen molar-refractivity contribution >= 4 is 33.2 Å². The average Bonchev–Trinajstić information content (AvgIpc) is 3.23. The number of sulfonamides is 1. The molecule has 1 amide bonds. The number of ether oxygens (including phenoxy) is 2. The summed E-state index contributed by atoms with van der Waals surface area (Å²) in [7, 11) is -3.87. The third kappa shape index (κ3) is 5.76. The summed E-state index contributed by atoms with van der Waals surface area (Å²) in [6.07, 6.45) is 5.52. The lowest BCUT2D eigenvalue weighted by Gasteiger charge is -2.48. The van der Waals surface area contributed by atoms with Crippen molar-refractivity contribution in [1.82, 2.24) is 10.2 Å². The fourth-order valence-corrected chi connectivity index (χ4v) is 5.53. The van der Waals surface area contributed by atoms with Crippen LogP contribution in [0.4, 0.5) is 0 Å². The Morgan fingerprint density at radius 3 is 2.55 bits per heavy atom. The Morgan fingerprint density at radius 2 is 1.93 bits per heavy atom. The molecule has 1 aromatic rings. The van der Waals surface area contributed by atoms with Crippen LogP contribution in [0.5, 0.6) is 0 Å². The van der Waals surface area contributed by atoms with Crippen molar-refractivity contribution in [3.05, 3.63) is 17.0 Å². The number of rotatable bonds is 7. The molecule has 2 fully saturated rings. The summed E-state index contributed by atoms with van der Waals surface area (Å²) in [5.41, 5.74) is -0.0108. The minimum absolute atomic E-state index is 0.0592. The first-order valence-corrected chi connectivity index (χ1v) is 12.1. The molecule has 1 aliphatic heterocycles. The van der Waals surface area contributed by atoms with Crippen LogP contribution in [0.3, 0.4) is 0 Å². The lowest BCUT2D eigenvalue weighted by Crippen LogP contribution is -2.59. The molecule has 1 saturated carbocycles.